The summed E-state index contributed by atoms with van der Waals surface area (Å²) in [5, 5.41) is 23.8. The molecule has 4 aliphatic heterocycles. The number of carbonyl (C=O) groups is 3. The number of aliphatic hydroxyl groups is 1. The fraction of sp³-hybridized carbons (Fsp3) is 0.550. The summed E-state index contributed by atoms with van der Waals surface area (Å²) in [6, 6.07) is 1.04. The van der Waals surface area contributed by atoms with Crippen LogP contribution < -0.4 is 5.06 Å². The third-order valence-electron chi connectivity index (χ3n) is 5.96. The maximum absolute atomic E-state index is 12.8. The zero-order valence-corrected chi connectivity index (χ0v) is 17.8. The van der Waals surface area contributed by atoms with Gasteiger partial charge in [0.05, 0.1) is 36.5 Å². The number of aromatic hydroxyl groups is 1. The summed E-state index contributed by atoms with van der Waals surface area (Å²) in [4.78, 5) is 44.0. The molecule has 3 fully saturated rings. The van der Waals surface area contributed by atoms with Crippen LogP contribution in [0.4, 0.5) is 15.3 Å². The second-order valence-corrected chi connectivity index (χ2v) is 9.10. The largest absolute Gasteiger partial charge is 0.509 e. The Kier molecular flexibility index (Phi) is 3.98. The molecular weight excluding hydrogens is 428 g/mol. The topological polar surface area (TPSA) is 144 Å². The fourth-order valence-corrected chi connectivity index (χ4v) is 4.67. The number of benzene rings is 1. The quantitative estimate of drug-likeness (QED) is 0.359. The molecule has 2 N–H and O–H groups in total. The Morgan fingerprint density at radius 2 is 2.00 bits per heavy atom. The zero-order valence-electron chi connectivity index (χ0n) is 17.8. The Morgan fingerprint density at radius 3 is 2.59 bits per heavy atom. The normalized spacial score (nSPS) is 32.0. The van der Waals surface area contributed by atoms with Gasteiger partial charge in [0.15, 0.2) is 0 Å². The van der Waals surface area contributed by atoms with Crippen molar-refractivity contribution in [3.05, 3.63) is 23.3 Å². The number of hydrogen-bond donors (Lipinski definition) is 2. The summed E-state index contributed by atoms with van der Waals surface area (Å²) < 4.78 is 20.6. The molecule has 172 valence electrons. The van der Waals surface area contributed by atoms with Gasteiger partial charge in [0.25, 0.3) is 5.79 Å². The van der Waals surface area contributed by atoms with Crippen LogP contribution in [0.25, 0.3) is 0 Å². The lowest BCUT2D eigenvalue weighted by atomic mass is 9.78. The van der Waals surface area contributed by atoms with Gasteiger partial charge in [0.1, 0.15) is 24.0 Å². The highest BCUT2D eigenvalue weighted by Crippen LogP contribution is 2.61. The molecule has 12 nitrogen and oxygen atoms in total. The summed E-state index contributed by atoms with van der Waals surface area (Å²) in [6.45, 7) is 4.75. The van der Waals surface area contributed by atoms with Gasteiger partial charge in [-0.05, 0) is 32.9 Å². The summed E-state index contributed by atoms with van der Waals surface area (Å²) in [6.07, 6.45) is -1.76. The summed E-state index contributed by atoms with van der Waals surface area (Å²) in [7, 11) is 1.19. The Bertz CT molecular complexity index is 1050. The van der Waals surface area contributed by atoms with E-state index in [0.29, 0.717) is 0 Å². The van der Waals surface area contributed by atoms with Crippen molar-refractivity contribution in [3.8, 4) is 5.75 Å². The van der Waals surface area contributed by atoms with E-state index >= 15 is 0 Å². The first-order chi connectivity index (χ1) is 14.9. The molecule has 4 atom stereocenters. The third kappa shape index (κ3) is 2.59. The minimum Gasteiger partial charge on any atom is -0.507 e. The van der Waals surface area contributed by atoms with E-state index in [-0.39, 0.29) is 23.4 Å². The molecule has 0 saturated carbocycles. The van der Waals surface area contributed by atoms with E-state index in [0.717, 1.165) is 6.07 Å². The van der Waals surface area contributed by atoms with Gasteiger partial charge in [-0.3, -0.25) is 4.90 Å². The Labute approximate surface area is 182 Å². The van der Waals surface area contributed by atoms with Crippen LogP contribution in [0.2, 0.25) is 0 Å². The van der Waals surface area contributed by atoms with Gasteiger partial charge < -0.3 is 29.2 Å². The lowest BCUT2D eigenvalue weighted by molar-refractivity contribution is -0.317. The molecule has 12 heteroatoms. The molecular formula is C20H22N2O10. The molecule has 0 radical (unpaired) electrons. The zero-order chi connectivity index (χ0) is 23.2. The van der Waals surface area contributed by atoms with Crippen LogP contribution in [0.3, 0.4) is 0 Å². The van der Waals surface area contributed by atoms with Crippen molar-refractivity contribution in [3.63, 3.8) is 0 Å². The number of hydroxylamine groups is 1. The number of fused-ring (bicyclic) bond motifs is 8. The van der Waals surface area contributed by atoms with E-state index in [9.17, 15) is 24.6 Å². The van der Waals surface area contributed by atoms with Crippen molar-refractivity contribution in [2.45, 2.75) is 49.8 Å². The second kappa shape index (κ2) is 6.17. The van der Waals surface area contributed by atoms with E-state index in [1.807, 2.05) is 0 Å². The van der Waals surface area contributed by atoms with E-state index in [4.69, 9.17) is 23.8 Å². The predicted octanol–water partition coefficient (Wildman–Crippen LogP) is 0.983. The summed E-state index contributed by atoms with van der Waals surface area (Å²) in [5.41, 5.74) is -2.59. The molecule has 1 aromatic rings. The van der Waals surface area contributed by atoms with Crippen molar-refractivity contribution < 1.29 is 48.4 Å². The first kappa shape index (κ1) is 20.6. The molecule has 3 saturated heterocycles. The maximum atomic E-state index is 12.8. The standard InChI is InChI=1S/C20H22N2O10/c1-18(2,3)30-16(25)22-11-7-21-10-5-9(15(24)28-4)6-12(23)13(10)19(8-29-17(26)31-19)20(27,32-21)14(11)22/h5-6,11,14,23,27H,7-8H2,1-4H3/t11-,14-,19+,20+,22?/m0/s1. The van der Waals surface area contributed by atoms with Crippen LogP contribution in [0.1, 0.15) is 36.7 Å². The summed E-state index contributed by atoms with van der Waals surface area (Å²) in [5.74, 6) is -3.43. The van der Waals surface area contributed by atoms with Gasteiger partial charge in [-0.2, -0.15) is 0 Å². The first-order valence-corrected chi connectivity index (χ1v) is 9.94. The molecule has 32 heavy (non-hydrogen) atoms. The number of phenolic OH excluding ortho intramolecular Hbond substituents is 1. The number of methoxy groups -OCH3 is 1. The molecule has 0 aliphatic carbocycles. The Morgan fingerprint density at radius 1 is 1.28 bits per heavy atom. The number of nitrogens with zero attached hydrogens (tertiary/aromatic N) is 2. The number of ether oxygens (including phenoxy) is 4. The van der Waals surface area contributed by atoms with Crippen molar-refractivity contribution in [2.24, 2.45) is 0 Å². The van der Waals surface area contributed by atoms with Crippen molar-refractivity contribution in [1.29, 1.82) is 0 Å². The minimum absolute atomic E-state index is 0.000702. The third-order valence-corrected chi connectivity index (χ3v) is 5.96. The highest BCUT2D eigenvalue weighted by atomic mass is 16.8. The maximum Gasteiger partial charge on any atom is 0.509 e. The lowest BCUT2D eigenvalue weighted by Crippen LogP contribution is -2.68. The van der Waals surface area contributed by atoms with Gasteiger partial charge in [-0.15, -0.1) is 0 Å². The van der Waals surface area contributed by atoms with E-state index in [1.54, 1.807) is 20.8 Å². The highest BCUT2D eigenvalue weighted by Gasteiger charge is 2.80. The van der Waals surface area contributed by atoms with Crippen LogP contribution in [-0.2, 0) is 29.4 Å². The minimum atomic E-state index is -2.28. The average molecular weight is 450 g/mol. The SMILES string of the molecule is COC(=O)c1cc(O)c2c(c1)N1C[C@H]3[C@H](N3C(=O)OC(C)(C)C)[C@@](O)(O1)[C@@]21COC(=O)O1. The first-order valence-electron chi connectivity index (χ1n) is 9.94. The molecule has 2 bridgehead atoms. The lowest BCUT2D eigenvalue weighted by Gasteiger charge is -2.50. The summed E-state index contributed by atoms with van der Waals surface area (Å²) >= 11 is 0. The number of amides is 1. The number of anilines is 1. The van der Waals surface area contributed by atoms with Crippen LogP contribution in [-0.4, -0.2) is 77.1 Å². The van der Waals surface area contributed by atoms with Gasteiger partial charge in [0.2, 0.25) is 5.60 Å². The number of cyclic esters (lactones) is 1. The van der Waals surface area contributed by atoms with E-state index in [2.05, 4.69) is 0 Å². The molecule has 4 aliphatic rings. The van der Waals surface area contributed by atoms with Crippen molar-refractivity contribution >= 4 is 23.9 Å². The molecule has 0 unspecified atom stereocenters. The van der Waals surface area contributed by atoms with Gasteiger partial charge in [-0.25, -0.2) is 24.3 Å². The molecule has 1 amide bonds. The van der Waals surface area contributed by atoms with Crippen molar-refractivity contribution in [2.75, 3.05) is 25.3 Å². The van der Waals surface area contributed by atoms with Crippen LogP contribution in [0.5, 0.6) is 5.75 Å². The number of phenols is 1. The van der Waals surface area contributed by atoms with E-state index < -0.39 is 59.6 Å². The molecule has 1 aromatic carbocycles. The molecule has 0 aromatic heterocycles. The van der Waals surface area contributed by atoms with Gasteiger partial charge >= 0.3 is 18.2 Å². The predicted molar refractivity (Wildman–Crippen MR) is 103 cm³/mol. The van der Waals surface area contributed by atoms with Crippen LogP contribution >= 0.6 is 0 Å². The number of esters is 1. The van der Waals surface area contributed by atoms with Gasteiger partial charge in [-0.1, -0.05) is 0 Å². The van der Waals surface area contributed by atoms with Crippen LogP contribution in [0, 0.1) is 0 Å². The fourth-order valence-electron chi connectivity index (χ4n) is 4.67. The highest BCUT2D eigenvalue weighted by molar-refractivity contribution is 5.92. The van der Waals surface area contributed by atoms with Crippen LogP contribution in [0.15, 0.2) is 12.1 Å². The number of carbonyl (C=O) groups excluding carboxylic acids is 3. The number of rotatable bonds is 1. The molecule has 1 spiro atoms. The van der Waals surface area contributed by atoms with Crippen molar-refractivity contribution in [1.82, 2.24) is 4.90 Å². The monoisotopic (exact) mass is 450 g/mol. The molecule has 4 heterocycles. The van der Waals surface area contributed by atoms with E-state index in [1.165, 1.54) is 23.1 Å². The number of hydrogen-bond acceptors (Lipinski definition) is 11. The van der Waals surface area contributed by atoms with Gasteiger partial charge in [0, 0.05) is 0 Å². The smallest absolute Gasteiger partial charge is 0.507 e. The molecule has 5 rings (SSSR count). The average Bonchev–Trinajstić information content (AvgIpc) is 3.31. The second-order valence-electron chi connectivity index (χ2n) is 9.10. The Hall–Kier alpha value is -3.25. The Balaban J connectivity index is 1.64.